The number of aryl methyl sites for hydroxylation is 1. The Morgan fingerprint density at radius 2 is 1.79 bits per heavy atom. The number of hydrogen-bond acceptors (Lipinski definition) is 7. The number of benzene rings is 2. The Labute approximate surface area is 282 Å². The standard InChI is InChI=1S/C36H57N3O7Si/c1-7-28-15-8-10-18-32(28)46-33-19-11-9-17-31(33)36(43,20-12-13-22-44-3)29-16-14-21-39(25-29)34(41)37-30(27-40)26-38(2)35(42)45-23-24-47(4,5)6/h8-11,15,17-19,29-30,40,43H,7,12-14,16,20-27H2,1-6H3,(H,37,41)/t29-,30?,36+/m1/s1. The van der Waals surface area contributed by atoms with E-state index in [2.05, 4.69) is 31.9 Å². The number of unbranched alkanes of at least 4 members (excludes halogenated alkanes) is 1. The number of urea groups is 1. The molecule has 3 atom stereocenters. The number of nitrogens with zero attached hydrogens (tertiary/aromatic N) is 2. The normalized spacial score (nSPS) is 17.0. The molecule has 1 aliphatic heterocycles. The zero-order valence-electron chi connectivity index (χ0n) is 29.3. The molecule has 47 heavy (non-hydrogen) atoms. The van der Waals surface area contributed by atoms with E-state index in [1.165, 1.54) is 4.90 Å². The van der Waals surface area contributed by atoms with Crippen LogP contribution in [-0.2, 0) is 21.5 Å². The van der Waals surface area contributed by atoms with Crippen molar-refractivity contribution >= 4 is 20.2 Å². The Kier molecular flexibility index (Phi) is 15.0. The second-order valence-electron chi connectivity index (χ2n) is 13.9. The van der Waals surface area contributed by atoms with Crippen molar-refractivity contribution in [3.8, 4) is 11.5 Å². The molecule has 0 saturated carbocycles. The molecule has 11 heteroatoms. The molecule has 10 nitrogen and oxygen atoms in total. The minimum absolute atomic E-state index is 0.110. The molecule has 3 N–H and O–H groups in total. The molecule has 1 fully saturated rings. The maximum Gasteiger partial charge on any atom is 0.409 e. The number of likely N-dealkylation sites (N-methyl/N-ethyl adjacent to an activating group) is 1. The molecule has 3 rings (SSSR count). The summed E-state index contributed by atoms with van der Waals surface area (Å²) in [5.41, 5.74) is 0.522. The van der Waals surface area contributed by atoms with Crippen molar-refractivity contribution in [3.05, 3.63) is 59.7 Å². The predicted octanol–water partition coefficient (Wildman–Crippen LogP) is 6.23. The summed E-state index contributed by atoms with van der Waals surface area (Å²) in [5, 5.41) is 25.6. The van der Waals surface area contributed by atoms with Crippen molar-refractivity contribution in [1.29, 1.82) is 0 Å². The summed E-state index contributed by atoms with van der Waals surface area (Å²) in [6.45, 7) is 10.3. The highest BCUT2D eigenvalue weighted by Crippen LogP contribution is 2.44. The van der Waals surface area contributed by atoms with Crippen LogP contribution < -0.4 is 10.1 Å². The van der Waals surface area contributed by atoms with Gasteiger partial charge in [-0.25, -0.2) is 9.59 Å². The fourth-order valence-corrected chi connectivity index (χ4v) is 6.77. The Bertz CT molecular complexity index is 1270. The van der Waals surface area contributed by atoms with Crippen LogP contribution in [0.25, 0.3) is 0 Å². The lowest BCUT2D eigenvalue weighted by Gasteiger charge is -2.43. The Morgan fingerprint density at radius 1 is 1.09 bits per heavy atom. The summed E-state index contributed by atoms with van der Waals surface area (Å²) < 4.78 is 17.2. The van der Waals surface area contributed by atoms with E-state index in [-0.39, 0.29) is 25.1 Å². The number of likely N-dealkylation sites (tertiary alicyclic amines) is 1. The first kappa shape index (κ1) is 38.3. The number of nitrogens with one attached hydrogen (secondary N) is 1. The maximum atomic E-state index is 13.5. The number of hydrogen-bond donors (Lipinski definition) is 3. The first-order valence-corrected chi connectivity index (χ1v) is 20.7. The number of methoxy groups -OCH3 is 1. The highest BCUT2D eigenvalue weighted by molar-refractivity contribution is 6.76. The molecular formula is C36H57N3O7Si. The lowest BCUT2D eigenvalue weighted by atomic mass is 9.73. The molecule has 0 aromatic heterocycles. The van der Waals surface area contributed by atoms with E-state index in [0.29, 0.717) is 50.5 Å². The molecule has 1 saturated heterocycles. The molecule has 2 aromatic carbocycles. The van der Waals surface area contributed by atoms with Crippen LogP contribution in [0, 0.1) is 5.92 Å². The number of amides is 3. The van der Waals surface area contributed by atoms with Crippen LogP contribution in [0.4, 0.5) is 9.59 Å². The summed E-state index contributed by atoms with van der Waals surface area (Å²) in [6.07, 6.45) is 3.80. The zero-order chi connectivity index (χ0) is 34.5. The second-order valence-corrected chi connectivity index (χ2v) is 19.5. The van der Waals surface area contributed by atoms with Crippen molar-refractivity contribution in [1.82, 2.24) is 15.1 Å². The zero-order valence-corrected chi connectivity index (χ0v) is 30.3. The van der Waals surface area contributed by atoms with Gasteiger partial charge in [0.2, 0.25) is 0 Å². The molecule has 1 aliphatic rings. The van der Waals surface area contributed by atoms with Gasteiger partial charge >= 0.3 is 12.1 Å². The van der Waals surface area contributed by atoms with Gasteiger partial charge in [-0.1, -0.05) is 63.0 Å². The highest BCUT2D eigenvalue weighted by Gasteiger charge is 2.43. The molecule has 2 aromatic rings. The van der Waals surface area contributed by atoms with E-state index < -0.39 is 25.8 Å². The maximum absolute atomic E-state index is 13.5. The van der Waals surface area contributed by atoms with E-state index in [4.69, 9.17) is 14.2 Å². The molecular weight excluding hydrogens is 614 g/mol. The van der Waals surface area contributed by atoms with Gasteiger partial charge < -0.3 is 39.5 Å². The fraction of sp³-hybridized carbons (Fsp3) is 0.611. The summed E-state index contributed by atoms with van der Waals surface area (Å²) in [4.78, 5) is 29.2. The first-order chi connectivity index (χ1) is 22.4. The molecule has 3 amide bonds. The molecule has 0 bridgehead atoms. The van der Waals surface area contributed by atoms with Crippen molar-refractivity contribution in [2.45, 2.75) is 82.8 Å². The van der Waals surface area contributed by atoms with Crippen LogP contribution >= 0.6 is 0 Å². The molecule has 0 spiro atoms. The number of carbonyl (C=O) groups is 2. The molecule has 262 valence electrons. The number of para-hydroxylation sites is 2. The molecule has 1 heterocycles. The Hall–Kier alpha value is -3.12. The van der Waals surface area contributed by atoms with Crippen molar-refractivity contribution < 1.29 is 34.0 Å². The second kappa shape index (κ2) is 18.4. The number of rotatable bonds is 17. The summed E-state index contributed by atoms with van der Waals surface area (Å²) in [6, 6.07) is 15.4. The summed E-state index contributed by atoms with van der Waals surface area (Å²) in [5.74, 6) is 1.10. The van der Waals surface area contributed by atoms with Gasteiger partial charge in [0.15, 0.2) is 0 Å². The quantitative estimate of drug-likeness (QED) is 0.135. The Morgan fingerprint density at radius 3 is 2.47 bits per heavy atom. The van der Waals surface area contributed by atoms with Gasteiger partial charge in [-0.3, -0.25) is 0 Å². The number of aliphatic hydroxyl groups is 2. The number of carbonyl (C=O) groups excluding carboxylic acids is 2. The minimum atomic E-state index is -1.35. The largest absolute Gasteiger partial charge is 0.457 e. The third kappa shape index (κ3) is 11.5. The topological polar surface area (TPSA) is 121 Å². The summed E-state index contributed by atoms with van der Waals surface area (Å²) >= 11 is 0. The highest BCUT2D eigenvalue weighted by atomic mass is 28.3. The number of aliphatic hydroxyl groups excluding tert-OH is 1. The third-order valence-electron chi connectivity index (χ3n) is 8.90. The van der Waals surface area contributed by atoms with Gasteiger partial charge in [-0.2, -0.15) is 0 Å². The molecule has 1 unspecified atom stereocenters. The smallest absolute Gasteiger partial charge is 0.409 e. The molecule has 0 radical (unpaired) electrons. The average Bonchev–Trinajstić information content (AvgIpc) is 3.06. The van der Waals surface area contributed by atoms with Crippen LogP contribution in [0.3, 0.4) is 0 Å². The van der Waals surface area contributed by atoms with Gasteiger partial charge in [-0.15, -0.1) is 0 Å². The van der Waals surface area contributed by atoms with Crippen molar-refractivity contribution in [2.75, 3.05) is 53.6 Å². The minimum Gasteiger partial charge on any atom is -0.457 e. The van der Waals surface area contributed by atoms with E-state index in [9.17, 15) is 19.8 Å². The van der Waals surface area contributed by atoms with Crippen LogP contribution in [0.15, 0.2) is 48.5 Å². The average molecular weight is 672 g/mol. The number of ether oxygens (including phenoxy) is 3. The SMILES string of the molecule is CCc1ccccc1Oc1ccccc1[C@](O)(CCCCOC)[C@@H]1CCCN(C(=O)NC(CO)CN(C)C(=O)OCC[Si](C)(C)C)C1. The predicted molar refractivity (Wildman–Crippen MR) is 188 cm³/mol. The first-order valence-electron chi connectivity index (χ1n) is 17.0. The fourth-order valence-electron chi connectivity index (χ4n) is 6.05. The van der Waals surface area contributed by atoms with Crippen molar-refractivity contribution in [3.63, 3.8) is 0 Å². The van der Waals surface area contributed by atoms with Crippen molar-refractivity contribution in [2.24, 2.45) is 5.92 Å². The van der Waals surface area contributed by atoms with E-state index >= 15 is 0 Å². The van der Waals surface area contributed by atoms with E-state index in [1.807, 2.05) is 48.5 Å². The van der Waals surface area contributed by atoms with Gasteiger partial charge in [0.1, 0.15) is 11.5 Å². The van der Waals surface area contributed by atoms with Gasteiger partial charge in [0, 0.05) is 60.0 Å². The lowest BCUT2D eigenvalue weighted by Crippen LogP contribution is -2.55. The third-order valence-corrected chi connectivity index (χ3v) is 10.6. The van der Waals surface area contributed by atoms with Crippen LogP contribution in [0.1, 0.15) is 50.2 Å². The van der Waals surface area contributed by atoms with Gasteiger partial charge in [0.25, 0.3) is 0 Å². The van der Waals surface area contributed by atoms with Gasteiger partial charge in [-0.05, 0) is 62.3 Å². The molecule has 0 aliphatic carbocycles. The Balaban J connectivity index is 1.76. The van der Waals surface area contributed by atoms with E-state index in [1.54, 1.807) is 19.1 Å². The van der Waals surface area contributed by atoms with Gasteiger partial charge in [0.05, 0.1) is 24.9 Å². The van der Waals surface area contributed by atoms with Crippen LogP contribution in [0.2, 0.25) is 25.7 Å². The monoisotopic (exact) mass is 671 g/mol. The lowest BCUT2D eigenvalue weighted by molar-refractivity contribution is -0.0576. The van der Waals surface area contributed by atoms with Crippen LogP contribution in [0.5, 0.6) is 11.5 Å². The van der Waals surface area contributed by atoms with Crippen LogP contribution in [-0.4, -0.2) is 99.9 Å². The van der Waals surface area contributed by atoms with E-state index in [0.717, 1.165) is 43.0 Å². The number of piperidine rings is 1. The summed E-state index contributed by atoms with van der Waals surface area (Å²) in [7, 11) is 1.93.